The number of hydrogen-bond donors (Lipinski definition) is 1. The van der Waals surface area contributed by atoms with Crippen molar-refractivity contribution in [3.63, 3.8) is 0 Å². The van der Waals surface area contributed by atoms with Gasteiger partial charge in [0, 0.05) is 19.0 Å². The number of rotatable bonds is 1. The van der Waals surface area contributed by atoms with E-state index in [1.165, 1.54) is 0 Å². The molecule has 4 heteroatoms. The average Bonchev–Trinajstić information content (AvgIpc) is 2.47. The fourth-order valence-corrected chi connectivity index (χ4v) is 1.18. The third-order valence-electron chi connectivity index (χ3n) is 1.85. The van der Waals surface area contributed by atoms with Gasteiger partial charge in [-0.05, 0) is 12.1 Å². The van der Waals surface area contributed by atoms with Crippen molar-refractivity contribution < 1.29 is 0 Å². The molecule has 0 atom stereocenters. The Bertz CT molecular complexity index is 404. The summed E-state index contributed by atoms with van der Waals surface area (Å²) in [6, 6.07) is 3.90. The standard InChI is InChI=1S/C8H10N4/c1-12-8-6(5-10-12)2-3-7(4-9)11-8/h2-3,5H,4,9H2,1H3. The van der Waals surface area contributed by atoms with Crippen LogP contribution in [0.4, 0.5) is 0 Å². The Morgan fingerprint density at radius 3 is 3.08 bits per heavy atom. The molecule has 0 saturated carbocycles. The minimum absolute atomic E-state index is 0.473. The van der Waals surface area contributed by atoms with E-state index in [-0.39, 0.29) is 0 Å². The van der Waals surface area contributed by atoms with Gasteiger partial charge in [0.2, 0.25) is 0 Å². The number of aryl methyl sites for hydroxylation is 1. The lowest BCUT2D eigenvalue weighted by atomic mass is 10.3. The van der Waals surface area contributed by atoms with Gasteiger partial charge >= 0.3 is 0 Å². The van der Waals surface area contributed by atoms with Gasteiger partial charge in [0.1, 0.15) is 0 Å². The minimum Gasteiger partial charge on any atom is -0.325 e. The van der Waals surface area contributed by atoms with Gasteiger partial charge in [-0.3, -0.25) is 4.68 Å². The highest BCUT2D eigenvalue weighted by molar-refractivity contribution is 5.74. The summed E-state index contributed by atoms with van der Waals surface area (Å²) in [5.41, 5.74) is 7.25. The topological polar surface area (TPSA) is 56.7 Å². The van der Waals surface area contributed by atoms with Gasteiger partial charge < -0.3 is 5.73 Å². The molecule has 2 N–H and O–H groups in total. The van der Waals surface area contributed by atoms with Gasteiger partial charge in [-0.25, -0.2) is 4.98 Å². The fourth-order valence-electron chi connectivity index (χ4n) is 1.18. The van der Waals surface area contributed by atoms with Gasteiger partial charge in [0.25, 0.3) is 0 Å². The first-order chi connectivity index (χ1) is 5.81. The van der Waals surface area contributed by atoms with E-state index in [1.54, 1.807) is 10.9 Å². The largest absolute Gasteiger partial charge is 0.325 e. The van der Waals surface area contributed by atoms with Crippen molar-refractivity contribution in [2.24, 2.45) is 12.8 Å². The van der Waals surface area contributed by atoms with Crippen LogP contribution in [0, 0.1) is 0 Å². The maximum absolute atomic E-state index is 5.47. The molecular formula is C8H10N4. The molecule has 62 valence electrons. The summed E-state index contributed by atoms with van der Waals surface area (Å²) in [6.07, 6.45) is 1.79. The summed E-state index contributed by atoms with van der Waals surface area (Å²) >= 11 is 0. The van der Waals surface area contributed by atoms with Crippen LogP contribution in [0.1, 0.15) is 5.69 Å². The maximum Gasteiger partial charge on any atom is 0.157 e. The van der Waals surface area contributed by atoms with E-state index in [9.17, 15) is 0 Å². The van der Waals surface area contributed by atoms with Crippen molar-refractivity contribution in [2.75, 3.05) is 0 Å². The van der Waals surface area contributed by atoms with Crippen LogP contribution in [0.5, 0.6) is 0 Å². The monoisotopic (exact) mass is 162 g/mol. The second kappa shape index (κ2) is 2.57. The quantitative estimate of drug-likeness (QED) is 0.661. The van der Waals surface area contributed by atoms with Gasteiger partial charge in [-0.15, -0.1) is 0 Å². The van der Waals surface area contributed by atoms with E-state index >= 15 is 0 Å². The molecule has 2 aromatic heterocycles. The first-order valence-corrected chi connectivity index (χ1v) is 3.79. The Balaban J connectivity index is 2.71. The number of pyridine rings is 1. The summed E-state index contributed by atoms with van der Waals surface area (Å²) in [7, 11) is 1.87. The molecule has 0 spiro atoms. The van der Waals surface area contributed by atoms with Crippen molar-refractivity contribution in [3.05, 3.63) is 24.0 Å². The summed E-state index contributed by atoms with van der Waals surface area (Å²) < 4.78 is 1.74. The van der Waals surface area contributed by atoms with Gasteiger partial charge in [0.15, 0.2) is 5.65 Å². The van der Waals surface area contributed by atoms with E-state index in [2.05, 4.69) is 10.1 Å². The van der Waals surface area contributed by atoms with Crippen molar-refractivity contribution >= 4 is 11.0 Å². The third kappa shape index (κ3) is 0.967. The molecule has 0 bridgehead atoms. The first kappa shape index (κ1) is 7.24. The molecule has 0 fully saturated rings. The highest BCUT2D eigenvalue weighted by atomic mass is 15.3. The third-order valence-corrected chi connectivity index (χ3v) is 1.85. The Kier molecular flexibility index (Phi) is 1.55. The van der Waals surface area contributed by atoms with Crippen molar-refractivity contribution in [1.29, 1.82) is 0 Å². The highest BCUT2D eigenvalue weighted by Crippen LogP contribution is 2.09. The lowest BCUT2D eigenvalue weighted by Gasteiger charge is -1.96. The molecule has 12 heavy (non-hydrogen) atoms. The molecule has 0 saturated heterocycles. The second-order valence-corrected chi connectivity index (χ2v) is 2.69. The van der Waals surface area contributed by atoms with Gasteiger partial charge in [0.05, 0.1) is 11.9 Å². The van der Waals surface area contributed by atoms with Gasteiger partial charge in [-0.1, -0.05) is 0 Å². The van der Waals surface area contributed by atoms with Crippen molar-refractivity contribution in [2.45, 2.75) is 6.54 Å². The Morgan fingerprint density at radius 1 is 1.50 bits per heavy atom. The van der Waals surface area contributed by atoms with E-state index in [4.69, 9.17) is 5.73 Å². The predicted molar refractivity (Wildman–Crippen MR) is 46.4 cm³/mol. The van der Waals surface area contributed by atoms with Crippen LogP contribution in [0.15, 0.2) is 18.3 Å². The molecule has 0 aliphatic carbocycles. The number of nitrogens with two attached hydrogens (primary N) is 1. The molecule has 4 nitrogen and oxygen atoms in total. The average molecular weight is 162 g/mol. The van der Waals surface area contributed by atoms with E-state index in [0.717, 1.165) is 16.7 Å². The zero-order valence-electron chi connectivity index (χ0n) is 6.86. The van der Waals surface area contributed by atoms with E-state index < -0.39 is 0 Å². The molecule has 0 unspecified atom stereocenters. The predicted octanol–water partition coefficient (Wildman–Crippen LogP) is 0.427. The molecule has 0 radical (unpaired) electrons. The molecule has 0 amide bonds. The molecule has 0 aromatic carbocycles. The van der Waals surface area contributed by atoms with Gasteiger partial charge in [-0.2, -0.15) is 5.10 Å². The van der Waals surface area contributed by atoms with E-state index in [1.807, 2.05) is 19.2 Å². The normalized spacial score (nSPS) is 10.8. The van der Waals surface area contributed by atoms with Crippen LogP contribution in [-0.4, -0.2) is 14.8 Å². The summed E-state index contributed by atoms with van der Waals surface area (Å²) in [5.74, 6) is 0. The van der Waals surface area contributed by atoms with Crippen molar-refractivity contribution in [1.82, 2.24) is 14.8 Å². The summed E-state index contributed by atoms with van der Waals surface area (Å²) in [6.45, 7) is 0.473. The molecule has 2 heterocycles. The second-order valence-electron chi connectivity index (χ2n) is 2.69. The Hall–Kier alpha value is -1.42. The molecule has 2 aromatic rings. The maximum atomic E-state index is 5.47. The summed E-state index contributed by atoms with van der Waals surface area (Å²) in [4.78, 5) is 4.33. The lowest BCUT2D eigenvalue weighted by molar-refractivity contribution is 0.782. The Labute approximate surface area is 70.0 Å². The number of nitrogens with zero attached hydrogens (tertiary/aromatic N) is 3. The molecule has 2 rings (SSSR count). The van der Waals surface area contributed by atoms with Crippen LogP contribution >= 0.6 is 0 Å². The van der Waals surface area contributed by atoms with Crippen LogP contribution in [0.2, 0.25) is 0 Å². The number of aromatic nitrogens is 3. The zero-order chi connectivity index (χ0) is 8.55. The minimum atomic E-state index is 0.473. The SMILES string of the molecule is Cn1ncc2ccc(CN)nc21. The number of fused-ring (bicyclic) bond motifs is 1. The van der Waals surface area contributed by atoms with Crippen molar-refractivity contribution in [3.8, 4) is 0 Å². The number of hydrogen-bond acceptors (Lipinski definition) is 3. The first-order valence-electron chi connectivity index (χ1n) is 3.79. The molecular weight excluding hydrogens is 152 g/mol. The highest BCUT2D eigenvalue weighted by Gasteiger charge is 2.00. The zero-order valence-corrected chi connectivity index (χ0v) is 6.86. The van der Waals surface area contributed by atoms with Crippen LogP contribution in [0.3, 0.4) is 0 Å². The summed E-state index contributed by atoms with van der Waals surface area (Å²) in [5, 5.41) is 5.14. The van der Waals surface area contributed by atoms with Crippen LogP contribution in [0.25, 0.3) is 11.0 Å². The fraction of sp³-hybridized carbons (Fsp3) is 0.250. The molecule has 0 aliphatic rings. The van der Waals surface area contributed by atoms with E-state index in [0.29, 0.717) is 6.54 Å². The smallest absolute Gasteiger partial charge is 0.157 e. The van der Waals surface area contributed by atoms with Crippen LogP contribution < -0.4 is 5.73 Å². The Morgan fingerprint density at radius 2 is 2.33 bits per heavy atom. The lowest BCUT2D eigenvalue weighted by Crippen LogP contribution is -2.00. The van der Waals surface area contributed by atoms with Crippen LogP contribution in [-0.2, 0) is 13.6 Å². The molecule has 0 aliphatic heterocycles.